The number of esters is 1. The van der Waals surface area contributed by atoms with Gasteiger partial charge < -0.3 is 9.47 Å². The molecule has 0 aliphatic rings. The molecule has 1 rings (SSSR count). The summed E-state index contributed by atoms with van der Waals surface area (Å²) in [6.07, 6.45) is 2.04. The predicted molar refractivity (Wildman–Crippen MR) is 87.4 cm³/mol. The van der Waals surface area contributed by atoms with Crippen LogP contribution in [0.2, 0.25) is 0 Å². The van der Waals surface area contributed by atoms with Crippen molar-refractivity contribution >= 4 is 37.8 Å². The van der Waals surface area contributed by atoms with Gasteiger partial charge >= 0.3 is 10.7 Å². The van der Waals surface area contributed by atoms with Gasteiger partial charge in [0, 0.05) is 21.5 Å². The first-order valence-electron chi connectivity index (χ1n) is 6.32. The van der Waals surface area contributed by atoms with Gasteiger partial charge in [0.2, 0.25) is 0 Å². The van der Waals surface area contributed by atoms with Crippen LogP contribution in [0.25, 0.3) is 0 Å². The minimum Gasteiger partial charge on any atom is -0.442 e. The lowest BCUT2D eigenvalue weighted by Crippen LogP contribution is -2.36. The zero-order valence-corrected chi connectivity index (χ0v) is 14.8. The average molecular weight is 406 g/mol. The van der Waals surface area contributed by atoms with Crippen molar-refractivity contribution in [2.75, 3.05) is 5.33 Å². The van der Waals surface area contributed by atoms with E-state index in [1.807, 2.05) is 24.3 Å². The number of halogens is 2. The van der Waals surface area contributed by atoms with Gasteiger partial charge in [-0.05, 0) is 31.0 Å². The van der Waals surface area contributed by atoms with E-state index in [0.717, 1.165) is 12.8 Å². The lowest BCUT2D eigenvalue weighted by molar-refractivity contribution is -0.160. The minimum absolute atomic E-state index is 0.289. The molecule has 0 aliphatic carbocycles. The Bertz CT molecular complexity index is 488. The fourth-order valence-corrected chi connectivity index (χ4v) is 2.09. The summed E-state index contributed by atoms with van der Waals surface area (Å²) in [5.41, 5.74) is 1.50. The molecule has 0 saturated heterocycles. The Morgan fingerprint density at radius 2 is 2.15 bits per heavy atom. The molecule has 0 saturated carbocycles. The van der Waals surface area contributed by atoms with E-state index >= 15 is 0 Å². The van der Waals surface area contributed by atoms with Gasteiger partial charge in [-0.2, -0.15) is 0 Å². The fourth-order valence-electron chi connectivity index (χ4n) is 1.53. The van der Waals surface area contributed by atoms with Crippen LogP contribution >= 0.6 is 31.9 Å². The highest BCUT2D eigenvalue weighted by atomic mass is 79.9. The molecule has 1 aromatic carbocycles. The summed E-state index contributed by atoms with van der Waals surface area (Å²) in [4.78, 5) is 11.6. The molecule has 1 unspecified atom stereocenters. The number of hydrogen-bond donors (Lipinski definition) is 0. The average Bonchev–Trinajstić information content (AvgIpc) is 2.39. The summed E-state index contributed by atoms with van der Waals surface area (Å²) < 4.78 is 9.76. The van der Waals surface area contributed by atoms with Crippen molar-refractivity contribution in [2.45, 2.75) is 31.4 Å². The van der Waals surface area contributed by atoms with Crippen molar-refractivity contribution in [3.8, 4) is 5.75 Å². The van der Waals surface area contributed by atoms with Gasteiger partial charge in [-0.3, -0.25) is 0 Å². The van der Waals surface area contributed by atoms with Crippen LogP contribution in [0.4, 0.5) is 0 Å². The van der Waals surface area contributed by atoms with E-state index in [4.69, 9.17) is 9.47 Å². The van der Waals surface area contributed by atoms with Crippen molar-refractivity contribution < 1.29 is 14.3 Å². The summed E-state index contributed by atoms with van der Waals surface area (Å²) in [6.45, 7) is 7.26. The highest BCUT2D eigenvalue weighted by Gasteiger charge is 2.33. The van der Waals surface area contributed by atoms with Gasteiger partial charge in [0.15, 0.2) is 0 Å². The molecule has 1 aromatic rings. The van der Waals surface area contributed by atoms with Crippen molar-refractivity contribution in [2.24, 2.45) is 0 Å². The van der Waals surface area contributed by atoms with Gasteiger partial charge in [-0.15, -0.1) is 0 Å². The first-order valence-corrected chi connectivity index (χ1v) is 8.23. The lowest BCUT2D eigenvalue weighted by Gasteiger charge is -2.26. The number of ether oxygens (including phenoxy) is 2. The molecule has 1 atom stereocenters. The molecular formula is C15H18Br2O3. The molecule has 0 radical (unpaired) electrons. The molecule has 0 spiro atoms. The number of hydrogen-bond acceptors (Lipinski definition) is 3. The number of benzene rings is 1. The maximum absolute atomic E-state index is 11.6. The molecule has 3 nitrogen and oxygen atoms in total. The second kappa shape index (κ2) is 7.84. The van der Waals surface area contributed by atoms with Crippen LogP contribution in [0.15, 0.2) is 36.4 Å². The fraction of sp³-hybridized carbons (Fsp3) is 0.400. The summed E-state index contributed by atoms with van der Waals surface area (Å²) in [5.74, 6) is 0.132. The molecule has 0 N–H and O–H groups in total. The molecule has 0 aliphatic heterocycles. The number of aryl methyl sites for hydroxylation is 1. The Labute approximate surface area is 136 Å². The molecule has 5 heteroatoms. The third kappa shape index (κ3) is 5.29. The van der Waals surface area contributed by atoms with E-state index in [2.05, 4.69) is 45.4 Å². The quantitative estimate of drug-likeness (QED) is 0.288. The Morgan fingerprint density at radius 3 is 2.70 bits per heavy atom. The van der Waals surface area contributed by atoms with E-state index in [1.54, 1.807) is 6.92 Å². The second-order valence-corrected chi connectivity index (χ2v) is 6.23. The van der Waals surface area contributed by atoms with Crippen LogP contribution < -0.4 is 4.74 Å². The Hall–Kier alpha value is -0.810. The highest BCUT2D eigenvalue weighted by molar-refractivity contribution is 9.12. The van der Waals surface area contributed by atoms with Crippen molar-refractivity contribution in [3.63, 3.8) is 0 Å². The van der Waals surface area contributed by atoms with Gasteiger partial charge in [0.05, 0.1) is 5.33 Å². The van der Waals surface area contributed by atoms with Crippen LogP contribution in [0.5, 0.6) is 5.75 Å². The first kappa shape index (κ1) is 17.2. The molecule has 0 fully saturated rings. The van der Waals surface area contributed by atoms with Crippen LogP contribution in [0.1, 0.15) is 25.8 Å². The van der Waals surface area contributed by atoms with Gasteiger partial charge in [0.25, 0.3) is 0 Å². The number of rotatable bonds is 7. The summed E-state index contributed by atoms with van der Waals surface area (Å²) >= 11 is 6.58. The SMILES string of the molecule is C=C(C)C(=O)OC(Br)(CBr)Oc1cccc(CCC)c1. The maximum atomic E-state index is 11.6. The van der Waals surface area contributed by atoms with Crippen LogP contribution in [-0.2, 0) is 16.0 Å². The van der Waals surface area contributed by atoms with Gasteiger partial charge in [-0.25, -0.2) is 4.79 Å². The highest BCUT2D eigenvalue weighted by Crippen LogP contribution is 2.29. The third-order valence-corrected chi connectivity index (χ3v) is 4.56. The van der Waals surface area contributed by atoms with Gasteiger partial charge in [0.1, 0.15) is 5.75 Å². The van der Waals surface area contributed by atoms with Crippen LogP contribution in [0, 0.1) is 0 Å². The number of alkyl halides is 2. The second-order valence-electron chi connectivity index (χ2n) is 4.46. The molecule has 0 amide bonds. The summed E-state index contributed by atoms with van der Waals surface area (Å²) in [6, 6.07) is 7.73. The van der Waals surface area contributed by atoms with E-state index in [0.29, 0.717) is 11.3 Å². The monoisotopic (exact) mass is 404 g/mol. The van der Waals surface area contributed by atoms with Crippen molar-refractivity contribution in [3.05, 3.63) is 42.0 Å². The number of carbonyl (C=O) groups is 1. The Balaban J connectivity index is 2.83. The normalized spacial score (nSPS) is 13.4. The molecule has 110 valence electrons. The lowest BCUT2D eigenvalue weighted by atomic mass is 10.1. The molecule has 0 bridgehead atoms. The van der Waals surface area contributed by atoms with Crippen molar-refractivity contribution in [1.29, 1.82) is 0 Å². The maximum Gasteiger partial charge on any atom is 0.337 e. The van der Waals surface area contributed by atoms with Gasteiger partial charge in [-0.1, -0.05) is 48.0 Å². The topological polar surface area (TPSA) is 35.5 Å². The summed E-state index contributed by atoms with van der Waals surface area (Å²) in [7, 11) is 0. The Morgan fingerprint density at radius 1 is 1.45 bits per heavy atom. The van der Waals surface area contributed by atoms with E-state index < -0.39 is 10.7 Å². The third-order valence-electron chi connectivity index (χ3n) is 2.46. The van der Waals surface area contributed by atoms with Crippen LogP contribution in [-0.4, -0.2) is 16.0 Å². The summed E-state index contributed by atoms with van der Waals surface area (Å²) in [5, 5.41) is 0.289. The van der Waals surface area contributed by atoms with Crippen molar-refractivity contribution in [1.82, 2.24) is 0 Å². The molecule has 0 aromatic heterocycles. The number of carbonyl (C=O) groups excluding carboxylic acids is 1. The van der Waals surface area contributed by atoms with E-state index in [9.17, 15) is 4.79 Å². The van der Waals surface area contributed by atoms with E-state index in [1.165, 1.54) is 5.56 Å². The molecule has 20 heavy (non-hydrogen) atoms. The molecule has 0 heterocycles. The zero-order valence-electron chi connectivity index (χ0n) is 11.6. The molecular weight excluding hydrogens is 388 g/mol. The minimum atomic E-state index is -1.24. The van der Waals surface area contributed by atoms with Crippen LogP contribution in [0.3, 0.4) is 0 Å². The predicted octanol–water partition coefficient (Wildman–Crippen LogP) is 4.58. The largest absolute Gasteiger partial charge is 0.442 e. The Kier molecular flexibility index (Phi) is 6.76. The standard InChI is InChI=1S/C15H18Br2O3/c1-4-6-12-7-5-8-13(9-12)19-15(17,10-16)20-14(18)11(2)3/h5,7-9H,2,4,6,10H2,1,3H3. The van der Waals surface area contributed by atoms with E-state index in [-0.39, 0.29) is 5.33 Å². The zero-order chi connectivity index (χ0) is 15.2. The first-order chi connectivity index (χ1) is 9.40. The smallest absolute Gasteiger partial charge is 0.337 e.